The van der Waals surface area contributed by atoms with Crippen molar-refractivity contribution < 1.29 is 4.42 Å². The van der Waals surface area contributed by atoms with E-state index in [1.807, 2.05) is 20.2 Å². The van der Waals surface area contributed by atoms with E-state index in [-0.39, 0.29) is 0 Å². The van der Waals surface area contributed by atoms with Gasteiger partial charge in [0.05, 0.1) is 18.2 Å². The molecular weight excluding hydrogens is 248 g/mol. The van der Waals surface area contributed by atoms with Gasteiger partial charge in [-0.15, -0.1) is 0 Å². The number of rotatable bonds is 3. The first-order valence-corrected chi connectivity index (χ1v) is 6.65. The Bertz CT molecular complexity index is 691. The van der Waals surface area contributed by atoms with Gasteiger partial charge in [-0.25, -0.2) is 0 Å². The molecule has 0 radical (unpaired) electrons. The number of furan rings is 1. The van der Waals surface area contributed by atoms with E-state index in [1.54, 1.807) is 12.5 Å². The van der Waals surface area contributed by atoms with Gasteiger partial charge in [0, 0.05) is 36.7 Å². The lowest BCUT2D eigenvalue weighted by atomic mass is 10.2. The molecule has 3 heteroatoms. The molecule has 0 saturated carbocycles. The average Bonchev–Trinajstić information content (AvgIpc) is 3.07. The number of benzene rings is 1. The summed E-state index contributed by atoms with van der Waals surface area (Å²) in [7, 11) is 4.10. The summed E-state index contributed by atoms with van der Waals surface area (Å²) in [5, 5.41) is 0. The molecule has 2 heterocycles. The first kappa shape index (κ1) is 12.6. The zero-order chi connectivity index (χ0) is 14.1. The van der Waals surface area contributed by atoms with E-state index in [2.05, 4.69) is 52.8 Å². The molecule has 0 aliphatic carbocycles. The van der Waals surface area contributed by atoms with Gasteiger partial charge in [-0.1, -0.05) is 0 Å². The highest BCUT2D eigenvalue weighted by Crippen LogP contribution is 2.27. The maximum absolute atomic E-state index is 5.20. The van der Waals surface area contributed by atoms with E-state index >= 15 is 0 Å². The number of nitrogens with zero attached hydrogens (tertiary/aromatic N) is 2. The van der Waals surface area contributed by atoms with Crippen molar-refractivity contribution in [2.45, 2.75) is 6.92 Å². The normalized spacial score (nSPS) is 10.8. The van der Waals surface area contributed by atoms with Crippen LogP contribution in [0.15, 0.2) is 59.4 Å². The van der Waals surface area contributed by atoms with Crippen molar-refractivity contribution in [1.29, 1.82) is 0 Å². The van der Waals surface area contributed by atoms with Crippen LogP contribution < -0.4 is 4.90 Å². The zero-order valence-corrected chi connectivity index (χ0v) is 12.0. The van der Waals surface area contributed by atoms with E-state index in [4.69, 9.17) is 4.42 Å². The average molecular weight is 266 g/mol. The monoisotopic (exact) mass is 266 g/mol. The van der Waals surface area contributed by atoms with Gasteiger partial charge in [0.25, 0.3) is 0 Å². The summed E-state index contributed by atoms with van der Waals surface area (Å²) in [6.45, 7) is 2.11. The molecule has 0 unspecified atom stereocenters. The highest BCUT2D eigenvalue weighted by molar-refractivity contribution is 5.63. The molecule has 0 atom stereocenters. The fourth-order valence-electron chi connectivity index (χ4n) is 2.42. The Labute approximate surface area is 119 Å². The van der Waals surface area contributed by atoms with Crippen molar-refractivity contribution in [1.82, 2.24) is 4.57 Å². The third-order valence-electron chi connectivity index (χ3n) is 3.52. The summed E-state index contributed by atoms with van der Waals surface area (Å²) in [5.74, 6) is 0. The number of hydrogen-bond donors (Lipinski definition) is 0. The van der Waals surface area contributed by atoms with E-state index < -0.39 is 0 Å². The van der Waals surface area contributed by atoms with Crippen LogP contribution in [0.5, 0.6) is 0 Å². The van der Waals surface area contributed by atoms with Gasteiger partial charge in [-0.2, -0.15) is 0 Å². The Hall–Kier alpha value is -2.42. The topological polar surface area (TPSA) is 21.3 Å². The van der Waals surface area contributed by atoms with Crippen LogP contribution in [0.4, 0.5) is 5.69 Å². The molecule has 20 heavy (non-hydrogen) atoms. The Kier molecular flexibility index (Phi) is 3.11. The minimum Gasteiger partial charge on any atom is -0.472 e. The van der Waals surface area contributed by atoms with Crippen LogP contribution in [0.1, 0.15) is 5.69 Å². The SMILES string of the molecule is Cc1ccc(-c2ccoc2)n1-c1ccc(N(C)C)cc1. The quantitative estimate of drug-likeness (QED) is 0.711. The van der Waals surface area contributed by atoms with E-state index in [9.17, 15) is 0 Å². The smallest absolute Gasteiger partial charge is 0.0996 e. The maximum Gasteiger partial charge on any atom is 0.0996 e. The highest BCUT2D eigenvalue weighted by atomic mass is 16.3. The first-order chi connectivity index (χ1) is 9.66. The zero-order valence-electron chi connectivity index (χ0n) is 12.0. The van der Waals surface area contributed by atoms with Gasteiger partial charge in [-0.05, 0) is 49.4 Å². The van der Waals surface area contributed by atoms with Crippen molar-refractivity contribution >= 4 is 5.69 Å². The molecule has 0 amide bonds. The Morgan fingerprint density at radius 3 is 2.30 bits per heavy atom. The molecule has 0 fully saturated rings. The summed E-state index contributed by atoms with van der Waals surface area (Å²) < 4.78 is 7.44. The minimum atomic E-state index is 1.09. The second kappa shape index (κ2) is 4.93. The van der Waals surface area contributed by atoms with Crippen molar-refractivity contribution in [2.24, 2.45) is 0 Å². The van der Waals surface area contributed by atoms with Crippen LogP contribution >= 0.6 is 0 Å². The largest absolute Gasteiger partial charge is 0.472 e. The number of hydrogen-bond acceptors (Lipinski definition) is 2. The van der Waals surface area contributed by atoms with E-state index in [1.165, 1.54) is 11.4 Å². The number of aromatic nitrogens is 1. The van der Waals surface area contributed by atoms with Gasteiger partial charge in [0.1, 0.15) is 0 Å². The molecule has 0 aliphatic heterocycles. The lowest BCUT2D eigenvalue weighted by Crippen LogP contribution is -2.08. The number of anilines is 1. The lowest BCUT2D eigenvalue weighted by Gasteiger charge is -2.15. The van der Waals surface area contributed by atoms with Gasteiger partial charge >= 0.3 is 0 Å². The Morgan fingerprint density at radius 1 is 0.950 bits per heavy atom. The van der Waals surface area contributed by atoms with Gasteiger partial charge in [-0.3, -0.25) is 0 Å². The summed E-state index contributed by atoms with van der Waals surface area (Å²) in [6.07, 6.45) is 3.48. The fraction of sp³-hybridized carbons (Fsp3) is 0.176. The molecule has 3 aromatic rings. The van der Waals surface area contributed by atoms with E-state index in [0.717, 1.165) is 16.9 Å². The fourth-order valence-corrected chi connectivity index (χ4v) is 2.42. The van der Waals surface area contributed by atoms with Crippen molar-refractivity contribution in [3.63, 3.8) is 0 Å². The minimum absolute atomic E-state index is 1.09. The summed E-state index contributed by atoms with van der Waals surface area (Å²) in [4.78, 5) is 2.10. The predicted octanol–water partition coefficient (Wildman–Crippen LogP) is 4.11. The standard InChI is InChI=1S/C17H18N2O/c1-13-4-9-17(14-10-11-20-12-14)19(13)16-7-5-15(6-8-16)18(2)3/h4-12H,1-3H3. The van der Waals surface area contributed by atoms with E-state index in [0.29, 0.717) is 0 Å². The van der Waals surface area contributed by atoms with Crippen molar-refractivity contribution in [3.8, 4) is 16.9 Å². The first-order valence-electron chi connectivity index (χ1n) is 6.65. The molecule has 0 bridgehead atoms. The molecule has 0 spiro atoms. The van der Waals surface area contributed by atoms with Crippen LogP contribution in [-0.4, -0.2) is 18.7 Å². The molecule has 1 aromatic carbocycles. The molecule has 3 nitrogen and oxygen atoms in total. The summed E-state index contributed by atoms with van der Waals surface area (Å²) in [6, 6.07) is 14.8. The second-order valence-electron chi connectivity index (χ2n) is 5.12. The summed E-state index contributed by atoms with van der Waals surface area (Å²) >= 11 is 0. The molecule has 3 rings (SSSR count). The molecule has 102 valence electrons. The second-order valence-corrected chi connectivity index (χ2v) is 5.12. The Balaban J connectivity index is 2.08. The third-order valence-corrected chi connectivity index (χ3v) is 3.52. The summed E-state index contributed by atoms with van der Waals surface area (Å²) in [5.41, 5.74) is 5.81. The predicted molar refractivity (Wildman–Crippen MR) is 82.5 cm³/mol. The van der Waals surface area contributed by atoms with Crippen molar-refractivity contribution in [3.05, 3.63) is 60.7 Å². The third kappa shape index (κ3) is 2.11. The molecule has 2 aromatic heterocycles. The van der Waals surface area contributed by atoms with Gasteiger partial charge in [0.2, 0.25) is 0 Å². The van der Waals surface area contributed by atoms with Crippen LogP contribution in [0.25, 0.3) is 16.9 Å². The lowest BCUT2D eigenvalue weighted by molar-refractivity contribution is 0.568. The van der Waals surface area contributed by atoms with Crippen LogP contribution in [0.3, 0.4) is 0 Å². The Morgan fingerprint density at radius 2 is 1.70 bits per heavy atom. The highest BCUT2D eigenvalue weighted by Gasteiger charge is 2.10. The van der Waals surface area contributed by atoms with Crippen molar-refractivity contribution in [2.75, 3.05) is 19.0 Å². The van der Waals surface area contributed by atoms with Gasteiger partial charge in [0.15, 0.2) is 0 Å². The molecular formula is C17H18N2O. The maximum atomic E-state index is 5.20. The molecule has 0 N–H and O–H groups in total. The van der Waals surface area contributed by atoms with Crippen LogP contribution in [0.2, 0.25) is 0 Å². The molecule has 0 saturated heterocycles. The van der Waals surface area contributed by atoms with Crippen LogP contribution in [-0.2, 0) is 0 Å². The van der Waals surface area contributed by atoms with Crippen LogP contribution in [0, 0.1) is 6.92 Å². The molecule has 0 aliphatic rings. The van der Waals surface area contributed by atoms with Gasteiger partial charge < -0.3 is 13.9 Å². The number of aryl methyl sites for hydroxylation is 1.